The van der Waals surface area contributed by atoms with Crippen LogP contribution in [0.5, 0.6) is 11.5 Å². The molecule has 6 rings (SSSR count). The van der Waals surface area contributed by atoms with Gasteiger partial charge < -0.3 is 25.0 Å². The zero-order chi connectivity index (χ0) is 26.1. The SMILES string of the molecule is C.CN(C)[C@@H]1CCN(c2cc(-c3cc(Oc4ccc5nc(N[C@@H]6CCCC[C@H]6O)sc5c4)ccn3)ccn2)C1. The molecule has 1 aliphatic carbocycles. The summed E-state index contributed by atoms with van der Waals surface area (Å²) >= 11 is 1.59. The largest absolute Gasteiger partial charge is 0.457 e. The number of nitrogens with one attached hydrogen (secondary N) is 1. The molecule has 0 amide bonds. The zero-order valence-corrected chi connectivity index (χ0v) is 22.7. The van der Waals surface area contributed by atoms with Crippen molar-refractivity contribution in [1.29, 1.82) is 0 Å². The van der Waals surface area contributed by atoms with Crippen LogP contribution in [0.1, 0.15) is 39.5 Å². The lowest BCUT2D eigenvalue weighted by Gasteiger charge is -2.27. The van der Waals surface area contributed by atoms with E-state index in [2.05, 4.69) is 45.2 Å². The lowest BCUT2D eigenvalue weighted by atomic mass is 9.93. The Hall–Kier alpha value is -3.27. The average molecular weight is 547 g/mol. The number of benzene rings is 1. The third-order valence-electron chi connectivity index (χ3n) is 7.62. The van der Waals surface area contributed by atoms with Gasteiger partial charge in [0.05, 0.1) is 28.1 Å². The summed E-state index contributed by atoms with van der Waals surface area (Å²) in [6.07, 6.45) is 8.54. The first-order valence-electron chi connectivity index (χ1n) is 13.4. The van der Waals surface area contributed by atoms with Gasteiger partial charge in [0.25, 0.3) is 0 Å². The molecule has 8 nitrogen and oxygen atoms in total. The molecule has 3 atom stereocenters. The summed E-state index contributed by atoms with van der Waals surface area (Å²) in [5.41, 5.74) is 2.80. The summed E-state index contributed by atoms with van der Waals surface area (Å²) in [6.45, 7) is 1.99. The second kappa shape index (κ2) is 11.9. The molecule has 0 spiro atoms. The molecule has 2 fully saturated rings. The number of pyridine rings is 2. The quantitative estimate of drug-likeness (QED) is 0.290. The van der Waals surface area contributed by atoms with Gasteiger partial charge in [-0.15, -0.1) is 0 Å². The summed E-state index contributed by atoms with van der Waals surface area (Å²) in [7, 11) is 4.28. The van der Waals surface area contributed by atoms with Crippen molar-refractivity contribution in [2.24, 2.45) is 0 Å². The Morgan fingerprint density at radius 1 is 1.00 bits per heavy atom. The normalized spacial score (nSPS) is 21.2. The Bertz CT molecular complexity index is 1410. The van der Waals surface area contributed by atoms with Gasteiger partial charge in [-0.2, -0.15) is 0 Å². The second-order valence-electron chi connectivity index (χ2n) is 10.5. The van der Waals surface area contributed by atoms with E-state index in [1.807, 2.05) is 42.6 Å². The smallest absolute Gasteiger partial charge is 0.184 e. The molecule has 206 valence electrons. The van der Waals surface area contributed by atoms with Crippen LogP contribution in [0.2, 0.25) is 0 Å². The van der Waals surface area contributed by atoms with Crippen LogP contribution in [0.3, 0.4) is 0 Å². The maximum atomic E-state index is 10.3. The van der Waals surface area contributed by atoms with E-state index in [1.165, 1.54) is 0 Å². The van der Waals surface area contributed by atoms with Crippen molar-refractivity contribution in [3.8, 4) is 22.8 Å². The number of likely N-dealkylation sites (N-methyl/N-ethyl adjacent to an activating group) is 1. The van der Waals surface area contributed by atoms with E-state index in [1.54, 1.807) is 17.5 Å². The molecule has 3 aromatic heterocycles. The van der Waals surface area contributed by atoms with E-state index in [4.69, 9.17) is 9.72 Å². The molecular formula is C30H38N6O2S. The molecule has 4 heterocycles. The predicted octanol–water partition coefficient (Wildman–Crippen LogP) is 6.04. The molecule has 1 saturated carbocycles. The fourth-order valence-corrected chi connectivity index (χ4v) is 6.32. The van der Waals surface area contributed by atoms with E-state index >= 15 is 0 Å². The molecule has 2 N–H and O–H groups in total. The van der Waals surface area contributed by atoms with E-state index in [0.29, 0.717) is 6.04 Å². The van der Waals surface area contributed by atoms with Crippen molar-refractivity contribution in [3.05, 3.63) is 54.9 Å². The van der Waals surface area contributed by atoms with Crippen LogP contribution in [0, 0.1) is 0 Å². The van der Waals surface area contributed by atoms with Gasteiger partial charge in [0.1, 0.15) is 17.3 Å². The number of hydrogen-bond acceptors (Lipinski definition) is 9. The van der Waals surface area contributed by atoms with Crippen molar-refractivity contribution in [1.82, 2.24) is 19.9 Å². The average Bonchev–Trinajstić information content (AvgIpc) is 3.58. The van der Waals surface area contributed by atoms with E-state index in [0.717, 1.165) is 89.1 Å². The van der Waals surface area contributed by atoms with Crippen molar-refractivity contribution < 1.29 is 9.84 Å². The van der Waals surface area contributed by atoms with Crippen LogP contribution in [-0.4, -0.2) is 70.3 Å². The first-order valence-corrected chi connectivity index (χ1v) is 14.2. The minimum atomic E-state index is -0.308. The summed E-state index contributed by atoms with van der Waals surface area (Å²) in [5, 5.41) is 14.6. The highest BCUT2D eigenvalue weighted by molar-refractivity contribution is 7.22. The van der Waals surface area contributed by atoms with Gasteiger partial charge in [0, 0.05) is 49.2 Å². The molecule has 0 bridgehead atoms. The van der Waals surface area contributed by atoms with Crippen molar-refractivity contribution in [3.63, 3.8) is 0 Å². The van der Waals surface area contributed by atoms with Crippen LogP contribution in [0.15, 0.2) is 54.9 Å². The fraction of sp³-hybridized carbons (Fsp3) is 0.433. The molecule has 39 heavy (non-hydrogen) atoms. The number of aliphatic hydroxyl groups excluding tert-OH is 1. The molecule has 2 aliphatic rings. The summed E-state index contributed by atoms with van der Waals surface area (Å²) in [6, 6.07) is 14.5. The summed E-state index contributed by atoms with van der Waals surface area (Å²) in [4.78, 5) is 18.6. The summed E-state index contributed by atoms with van der Waals surface area (Å²) < 4.78 is 7.29. The monoisotopic (exact) mass is 546 g/mol. The van der Waals surface area contributed by atoms with Gasteiger partial charge in [-0.05, 0) is 63.7 Å². The Morgan fingerprint density at radius 3 is 2.64 bits per heavy atom. The topological polar surface area (TPSA) is 86.6 Å². The molecule has 0 radical (unpaired) electrons. The standard InChI is InChI=1S/C29H34N6O2S.CH4/c1-34(2)20-11-14-35(18-20)28-15-19(9-12-31-28)25-16-22(10-13-30-25)37-21-7-8-24-27(17-21)38-29(33-24)32-23-5-3-4-6-26(23)36;/h7-10,12-13,15-17,20,23,26,36H,3-6,11,14,18H2,1-2H3,(H,32,33);1H4/t20-,23-,26-;/m1./s1. The Kier molecular flexibility index (Phi) is 8.30. The first kappa shape index (κ1) is 27.3. The highest BCUT2D eigenvalue weighted by atomic mass is 32.1. The van der Waals surface area contributed by atoms with Gasteiger partial charge in [-0.25, -0.2) is 9.97 Å². The molecule has 1 aromatic carbocycles. The number of hydrogen-bond donors (Lipinski definition) is 2. The lowest BCUT2D eigenvalue weighted by molar-refractivity contribution is 0.116. The maximum absolute atomic E-state index is 10.3. The minimum absolute atomic E-state index is 0. The third kappa shape index (κ3) is 6.16. The van der Waals surface area contributed by atoms with Gasteiger partial charge in [-0.1, -0.05) is 31.6 Å². The number of thiazole rings is 1. The summed E-state index contributed by atoms with van der Waals surface area (Å²) in [5.74, 6) is 2.47. The molecule has 4 aromatic rings. The highest BCUT2D eigenvalue weighted by Gasteiger charge is 2.25. The van der Waals surface area contributed by atoms with Crippen LogP contribution < -0.4 is 15.0 Å². The maximum Gasteiger partial charge on any atom is 0.184 e. The molecule has 1 aliphatic heterocycles. The van der Waals surface area contributed by atoms with Crippen molar-refractivity contribution in [2.45, 2.75) is 57.7 Å². The van der Waals surface area contributed by atoms with E-state index in [-0.39, 0.29) is 19.6 Å². The Morgan fingerprint density at radius 2 is 1.82 bits per heavy atom. The third-order valence-corrected chi connectivity index (χ3v) is 8.57. The number of anilines is 2. The Labute approximate surface area is 234 Å². The van der Waals surface area contributed by atoms with Crippen LogP contribution >= 0.6 is 11.3 Å². The van der Waals surface area contributed by atoms with Crippen molar-refractivity contribution >= 4 is 32.5 Å². The van der Waals surface area contributed by atoms with Crippen LogP contribution in [0.4, 0.5) is 10.9 Å². The predicted molar refractivity (Wildman–Crippen MR) is 160 cm³/mol. The van der Waals surface area contributed by atoms with Crippen LogP contribution in [-0.2, 0) is 0 Å². The lowest BCUT2D eigenvalue weighted by Crippen LogP contribution is -2.36. The molecule has 9 heteroatoms. The van der Waals surface area contributed by atoms with Gasteiger partial charge >= 0.3 is 0 Å². The molecule has 0 unspecified atom stereocenters. The number of nitrogens with zero attached hydrogens (tertiary/aromatic N) is 5. The number of aromatic nitrogens is 3. The number of fused-ring (bicyclic) bond motifs is 1. The van der Waals surface area contributed by atoms with Gasteiger partial charge in [0.2, 0.25) is 0 Å². The van der Waals surface area contributed by atoms with Crippen LogP contribution in [0.25, 0.3) is 21.5 Å². The second-order valence-corrected chi connectivity index (χ2v) is 11.5. The van der Waals surface area contributed by atoms with E-state index in [9.17, 15) is 5.11 Å². The Balaban J connectivity index is 0.00000308. The van der Waals surface area contributed by atoms with Gasteiger partial charge in [-0.3, -0.25) is 4.98 Å². The highest BCUT2D eigenvalue weighted by Crippen LogP contribution is 2.34. The molecule has 1 saturated heterocycles. The molecular weight excluding hydrogens is 508 g/mol. The minimum Gasteiger partial charge on any atom is -0.457 e. The number of ether oxygens (including phenoxy) is 1. The fourth-order valence-electron chi connectivity index (χ4n) is 5.36. The first-order chi connectivity index (χ1) is 18.5. The zero-order valence-electron chi connectivity index (χ0n) is 21.9. The van der Waals surface area contributed by atoms with E-state index < -0.39 is 0 Å². The van der Waals surface area contributed by atoms with Crippen molar-refractivity contribution in [2.75, 3.05) is 37.4 Å². The number of aliphatic hydroxyl groups is 1. The van der Waals surface area contributed by atoms with Gasteiger partial charge in [0.15, 0.2) is 5.13 Å². The number of rotatable bonds is 7.